The summed E-state index contributed by atoms with van der Waals surface area (Å²) < 4.78 is 0. The predicted octanol–water partition coefficient (Wildman–Crippen LogP) is 2.68. The Bertz CT molecular complexity index is 608. The van der Waals surface area contributed by atoms with E-state index in [9.17, 15) is 5.11 Å². The molecule has 0 aliphatic rings. The molecule has 0 saturated heterocycles. The van der Waals surface area contributed by atoms with Crippen LogP contribution in [0.4, 0.5) is 0 Å². The van der Waals surface area contributed by atoms with Crippen molar-refractivity contribution in [1.82, 2.24) is 0 Å². The van der Waals surface area contributed by atoms with Gasteiger partial charge in [-0.15, -0.1) is 0 Å². The molecule has 0 amide bonds. The van der Waals surface area contributed by atoms with Crippen molar-refractivity contribution < 1.29 is 5.11 Å². The first-order chi connectivity index (χ1) is 9.28. The molecule has 0 aliphatic carbocycles. The highest BCUT2D eigenvalue weighted by atomic mass is 16.3. The van der Waals surface area contributed by atoms with Gasteiger partial charge in [0.2, 0.25) is 0 Å². The van der Waals surface area contributed by atoms with E-state index in [1.165, 1.54) is 5.56 Å². The summed E-state index contributed by atoms with van der Waals surface area (Å²) in [6.07, 6.45) is 1.97. The van der Waals surface area contributed by atoms with Gasteiger partial charge in [-0.1, -0.05) is 30.0 Å². The van der Waals surface area contributed by atoms with Crippen molar-refractivity contribution in [1.29, 1.82) is 0 Å². The van der Waals surface area contributed by atoms with E-state index in [2.05, 4.69) is 24.0 Å². The lowest BCUT2D eigenvalue weighted by Crippen LogP contribution is -2.00. The number of aryl methyl sites for hydroxylation is 1. The molecule has 2 rings (SSSR count). The summed E-state index contributed by atoms with van der Waals surface area (Å²) in [5.74, 6) is 6.40. The van der Waals surface area contributed by atoms with Crippen molar-refractivity contribution in [2.24, 2.45) is 5.73 Å². The maximum absolute atomic E-state index is 9.37. The Balaban J connectivity index is 2.15. The summed E-state index contributed by atoms with van der Waals surface area (Å²) in [5, 5.41) is 9.37. The number of phenolic OH excluding ortho intramolecular Hbond substituents is 1. The molecule has 3 N–H and O–H groups in total. The van der Waals surface area contributed by atoms with Crippen LogP contribution in [0.3, 0.4) is 0 Å². The number of hydrogen-bond acceptors (Lipinski definition) is 2. The lowest BCUT2D eigenvalue weighted by Gasteiger charge is -2.00. The van der Waals surface area contributed by atoms with Gasteiger partial charge in [-0.05, 0) is 55.3 Å². The first kappa shape index (κ1) is 13.2. The highest BCUT2D eigenvalue weighted by Crippen LogP contribution is 2.10. The van der Waals surface area contributed by atoms with E-state index in [1.807, 2.05) is 18.2 Å². The van der Waals surface area contributed by atoms with Crippen molar-refractivity contribution in [3.8, 4) is 17.6 Å². The normalized spacial score (nSPS) is 9.74. The van der Waals surface area contributed by atoms with Gasteiger partial charge in [-0.25, -0.2) is 0 Å². The molecule has 0 heterocycles. The first-order valence-corrected chi connectivity index (χ1v) is 6.38. The number of benzene rings is 2. The molecule has 2 nitrogen and oxygen atoms in total. The van der Waals surface area contributed by atoms with Crippen LogP contribution in [0.2, 0.25) is 0 Å². The molecule has 0 bridgehead atoms. The van der Waals surface area contributed by atoms with E-state index in [4.69, 9.17) is 5.73 Å². The summed E-state index contributed by atoms with van der Waals surface area (Å²) in [5.41, 5.74) is 8.57. The molecule has 0 radical (unpaired) electrons. The molecule has 0 spiro atoms. The highest BCUT2D eigenvalue weighted by molar-refractivity contribution is 5.45. The molecule has 2 aromatic carbocycles. The molecule has 2 aromatic rings. The Hall–Kier alpha value is -2.24. The average molecular weight is 251 g/mol. The third-order valence-electron chi connectivity index (χ3n) is 2.79. The fraction of sp³-hybridized carbons (Fsp3) is 0.176. The van der Waals surface area contributed by atoms with Crippen molar-refractivity contribution >= 4 is 0 Å². The molecule has 0 saturated carbocycles. The van der Waals surface area contributed by atoms with Crippen LogP contribution in [0, 0.1) is 11.8 Å². The SMILES string of the molecule is NCCCc1cccc(C#Cc2cccc(O)c2)c1. The van der Waals surface area contributed by atoms with Gasteiger partial charge in [-0.2, -0.15) is 0 Å². The van der Waals surface area contributed by atoms with Gasteiger partial charge in [0.05, 0.1) is 0 Å². The van der Waals surface area contributed by atoms with Crippen molar-refractivity contribution in [2.75, 3.05) is 6.54 Å². The first-order valence-electron chi connectivity index (χ1n) is 6.38. The molecule has 0 aliphatic heterocycles. The number of rotatable bonds is 3. The van der Waals surface area contributed by atoms with Gasteiger partial charge in [0.15, 0.2) is 0 Å². The van der Waals surface area contributed by atoms with E-state index in [0.717, 1.165) is 24.0 Å². The third-order valence-corrected chi connectivity index (χ3v) is 2.79. The van der Waals surface area contributed by atoms with Gasteiger partial charge >= 0.3 is 0 Å². The van der Waals surface area contributed by atoms with Crippen LogP contribution >= 0.6 is 0 Å². The Morgan fingerprint density at radius 2 is 1.63 bits per heavy atom. The summed E-state index contributed by atoms with van der Waals surface area (Å²) in [7, 11) is 0. The minimum absolute atomic E-state index is 0.239. The van der Waals surface area contributed by atoms with Crippen LogP contribution in [0.5, 0.6) is 5.75 Å². The summed E-state index contributed by atoms with van der Waals surface area (Å²) in [6.45, 7) is 0.708. The third kappa shape index (κ3) is 4.17. The van der Waals surface area contributed by atoms with E-state index < -0.39 is 0 Å². The molecule has 96 valence electrons. The number of nitrogens with two attached hydrogens (primary N) is 1. The van der Waals surface area contributed by atoms with Crippen LogP contribution in [0.15, 0.2) is 48.5 Å². The Kier molecular flexibility index (Phi) is 4.60. The van der Waals surface area contributed by atoms with Gasteiger partial charge in [0.25, 0.3) is 0 Å². The van der Waals surface area contributed by atoms with Crippen LogP contribution in [-0.4, -0.2) is 11.7 Å². The molecular weight excluding hydrogens is 234 g/mol. The summed E-state index contributed by atoms with van der Waals surface area (Å²) >= 11 is 0. The fourth-order valence-electron chi connectivity index (χ4n) is 1.84. The quantitative estimate of drug-likeness (QED) is 0.824. The number of aromatic hydroxyl groups is 1. The molecule has 0 aromatic heterocycles. The molecular formula is C17H17NO. The molecule has 0 atom stereocenters. The zero-order valence-corrected chi connectivity index (χ0v) is 10.8. The van der Waals surface area contributed by atoms with Gasteiger partial charge in [0, 0.05) is 11.1 Å². The topological polar surface area (TPSA) is 46.2 Å². The Labute approximate surface area is 113 Å². The maximum Gasteiger partial charge on any atom is 0.116 e. The lowest BCUT2D eigenvalue weighted by atomic mass is 10.1. The van der Waals surface area contributed by atoms with Crippen LogP contribution in [0.25, 0.3) is 0 Å². The average Bonchev–Trinajstić information content (AvgIpc) is 2.43. The minimum Gasteiger partial charge on any atom is -0.508 e. The van der Waals surface area contributed by atoms with Crippen molar-refractivity contribution in [3.05, 3.63) is 65.2 Å². The second kappa shape index (κ2) is 6.63. The Morgan fingerprint density at radius 3 is 2.32 bits per heavy atom. The van der Waals surface area contributed by atoms with E-state index in [0.29, 0.717) is 6.54 Å². The second-order valence-electron chi connectivity index (χ2n) is 4.39. The molecule has 2 heteroatoms. The molecule has 0 unspecified atom stereocenters. The second-order valence-corrected chi connectivity index (χ2v) is 4.39. The fourth-order valence-corrected chi connectivity index (χ4v) is 1.84. The van der Waals surface area contributed by atoms with Crippen LogP contribution in [0.1, 0.15) is 23.1 Å². The van der Waals surface area contributed by atoms with E-state index in [-0.39, 0.29) is 5.75 Å². The molecule has 19 heavy (non-hydrogen) atoms. The summed E-state index contributed by atoms with van der Waals surface area (Å²) in [4.78, 5) is 0. The number of hydrogen-bond donors (Lipinski definition) is 2. The minimum atomic E-state index is 0.239. The smallest absolute Gasteiger partial charge is 0.116 e. The van der Waals surface area contributed by atoms with Gasteiger partial charge in [0.1, 0.15) is 5.75 Å². The highest BCUT2D eigenvalue weighted by Gasteiger charge is 1.94. The van der Waals surface area contributed by atoms with Crippen molar-refractivity contribution in [2.45, 2.75) is 12.8 Å². The number of phenols is 1. The van der Waals surface area contributed by atoms with E-state index >= 15 is 0 Å². The van der Waals surface area contributed by atoms with Gasteiger partial charge in [-0.3, -0.25) is 0 Å². The Morgan fingerprint density at radius 1 is 0.947 bits per heavy atom. The van der Waals surface area contributed by atoms with Crippen molar-refractivity contribution in [3.63, 3.8) is 0 Å². The standard InChI is InChI=1S/C17H17NO/c18-11-3-7-14-4-1-5-15(12-14)9-10-16-6-2-8-17(19)13-16/h1-2,4-6,8,12-13,19H,3,7,11,18H2. The largest absolute Gasteiger partial charge is 0.508 e. The maximum atomic E-state index is 9.37. The summed E-state index contributed by atoms with van der Waals surface area (Å²) in [6, 6.07) is 15.1. The van der Waals surface area contributed by atoms with Crippen LogP contribution < -0.4 is 5.73 Å². The van der Waals surface area contributed by atoms with Crippen LogP contribution in [-0.2, 0) is 6.42 Å². The van der Waals surface area contributed by atoms with Gasteiger partial charge < -0.3 is 10.8 Å². The zero-order valence-electron chi connectivity index (χ0n) is 10.8. The van der Waals surface area contributed by atoms with E-state index in [1.54, 1.807) is 18.2 Å². The predicted molar refractivity (Wildman–Crippen MR) is 77.9 cm³/mol. The zero-order chi connectivity index (χ0) is 13.5. The monoisotopic (exact) mass is 251 g/mol. The lowest BCUT2D eigenvalue weighted by molar-refractivity contribution is 0.475. The molecule has 0 fully saturated rings.